The van der Waals surface area contributed by atoms with Gasteiger partial charge in [0.15, 0.2) is 5.58 Å². The Labute approximate surface area is 331 Å². The van der Waals surface area contributed by atoms with Gasteiger partial charge in [-0.25, -0.2) is 9.97 Å². The van der Waals surface area contributed by atoms with Crippen LogP contribution in [-0.4, -0.2) is 14.5 Å². The van der Waals surface area contributed by atoms with Crippen LogP contribution in [0.3, 0.4) is 0 Å². The van der Waals surface area contributed by atoms with Gasteiger partial charge in [-0.15, -0.1) is 11.3 Å². The lowest BCUT2D eigenvalue weighted by atomic mass is 9.99. The maximum absolute atomic E-state index is 6.52. The van der Waals surface area contributed by atoms with Crippen molar-refractivity contribution in [2.45, 2.75) is 0 Å². The van der Waals surface area contributed by atoms with E-state index in [1.807, 2.05) is 23.5 Å². The molecule has 0 atom stereocenters. The number of hydrogen-bond acceptors (Lipinski definition) is 4. The van der Waals surface area contributed by atoms with E-state index in [0.29, 0.717) is 5.58 Å². The number of nitrogens with zero attached hydrogens (tertiary/aromatic N) is 3. The molecule has 266 valence electrons. The fourth-order valence-electron chi connectivity index (χ4n) is 8.63. The second-order valence-electron chi connectivity index (χ2n) is 14.6. The number of furan rings is 1. The van der Waals surface area contributed by atoms with E-state index >= 15 is 0 Å². The van der Waals surface area contributed by atoms with Crippen LogP contribution in [0.1, 0.15) is 0 Å². The average Bonchev–Trinajstić information content (AvgIpc) is 3.96. The molecular weight excluding hydrogens is 715 g/mol. The molecule has 0 radical (unpaired) electrons. The van der Waals surface area contributed by atoms with E-state index in [0.717, 1.165) is 55.7 Å². The zero-order valence-electron chi connectivity index (χ0n) is 30.6. The molecule has 0 N–H and O–H groups in total. The van der Waals surface area contributed by atoms with E-state index in [4.69, 9.17) is 14.4 Å². The summed E-state index contributed by atoms with van der Waals surface area (Å²) in [5.41, 5.74) is 14.5. The molecule has 0 amide bonds. The number of para-hydroxylation sites is 1. The van der Waals surface area contributed by atoms with Gasteiger partial charge >= 0.3 is 0 Å². The van der Waals surface area contributed by atoms with Gasteiger partial charge in [0, 0.05) is 47.6 Å². The van der Waals surface area contributed by atoms with E-state index in [1.54, 1.807) is 6.33 Å². The zero-order valence-corrected chi connectivity index (χ0v) is 31.4. The molecule has 12 aromatic rings. The van der Waals surface area contributed by atoms with Gasteiger partial charge in [0.1, 0.15) is 23.1 Å². The van der Waals surface area contributed by atoms with Crippen molar-refractivity contribution in [1.29, 1.82) is 0 Å². The number of benzene rings is 8. The first-order chi connectivity index (χ1) is 28.2. The monoisotopic (exact) mass is 745 g/mol. The topological polar surface area (TPSA) is 43.9 Å². The third-order valence-corrected chi connectivity index (χ3v) is 12.5. The van der Waals surface area contributed by atoms with Crippen LogP contribution in [0.2, 0.25) is 0 Å². The minimum Gasteiger partial charge on any atom is -0.452 e. The first-order valence-electron chi connectivity index (χ1n) is 19.1. The van der Waals surface area contributed by atoms with Crippen LogP contribution < -0.4 is 0 Å². The second-order valence-corrected chi connectivity index (χ2v) is 15.6. The van der Waals surface area contributed by atoms with Gasteiger partial charge in [-0.05, 0) is 81.9 Å². The number of hydrogen-bond donors (Lipinski definition) is 0. The largest absolute Gasteiger partial charge is 0.452 e. The summed E-state index contributed by atoms with van der Waals surface area (Å²) in [6.45, 7) is 0. The van der Waals surface area contributed by atoms with Crippen LogP contribution in [0.25, 0.3) is 114 Å². The van der Waals surface area contributed by atoms with Crippen LogP contribution in [-0.2, 0) is 0 Å². The van der Waals surface area contributed by atoms with Gasteiger partial charge < -0.3 is 8.98 Å². The van der Waals surface area contributed by atoms with Crippen molar-refractivity contribution in [3.05, 3.63) is 188 Å². The van der Waals surface area contributed by atoms with E-state index in [9.17, 15) is 0 Å². The molecule has 4 heterocycles. The molecule has 0 aliphatic rings. The summed E-state index contributed by atoms with van der Waals surface area (Å²) in [5, 5.41) is 6.18. The van der Waals surface area contributed by atoms with Crippen LogP contribution in [0.5, 0.6) is 0 Å². The highest BCUT2D eigenvalue weighted by Crippen LogP contribution is 2.44. The molecule has 4 nitrogen and oxygen atoms in total. The summed E-state index contributed by atoms with van der Waals surface area (Å²) in [6.07, 6.45) is 1.65. The number of rotatable bonds is 5. The summed E-state index contributed by atoms with van der Waals surface area (Å²) < 4.78 is 11.6. The van der Waals surface area contributed by atoms with Gasteiger partial charge in [-0.1, -0.05) is 133 Å². The normalized spacial score (nSPS) is 11.9. The Balaban J connectivity index is 0.934. The highest BCUT2D eigenvalue weighted by Gasteiger charge is 2.19. The molecule has 0 bridgehead atoms. The molecule has 0 saturated heterocycles. The number of aromatic nitrogens is 3. The smallest absolute Gasteiger partial charge is 0.180 e. The van der Waals surface area contributed by atoms with Crippen molar-refractivity contribution in [1.82, 2.24) is 14.5 Å². The van der Waals surface area contributed by atoms with Crippen molar-refractivity contribution < 1.29 is 4.42 Å². The number of thiophene rings is 1. The molecule has 0 spiro atoms. The van der Waals surface area contributed by atoms with Gasteiger partial charge in [0.05, 0.1) is 11.0 Å². The third kappa shape index (κ3) is 5.06. The zero-order chi connectivity index (χ0) is 37.5. The maximum atomic E-state index is 6.52. The average molecular weight is 746 g/mol. The predicted octanol–water partition coefficient (Wildman–Crippen LogP) is 14.5. The molecule has 0 saturated carbocycles. The lowest BCUT2D eigenvalue weighted by molar-refractivity contribution is 0.667. The standard InChI is InChI=1S/C52H31N3OS/c1-2-10-32(11-3-1)33-20-22-34(23-21-33)37-24-27-46-43(30-37)50-51(56-46)49(53-31-54-50)38-14-8-12-35(28-38)36-13-9-15-39(29-36)55-44-18-6-4-17-42(44)48-45(55)26-25-41-40-16-5-7-19-47(40)57-52(41)48/h1-31H. The van der Waals surface area contributed by atoms with E-state index in [2.05, 4.69) is 174 Å². The Bertz CT molecular complexity index is 3520. The highest BCUT2D eigenvalue weighted by molar-refractivity contribution is 7.26. The second kappa shape index (κ2) is 12.6. The molecule has 57 heavy (non-hydrogen) atoms. The molecule has 8 aromatic carbocycles. The van der Waals surface area contributed by atoms with E-state index < -0.39 is 0 Å². The summed E-state index contributed by atoms with van der Waals surface area (Å²) in [6, 6.07) is 65.0. The lowest BCUT2D eigenvalue weighted by Crippen LogP contribution is -1.94. The van der Waals surface area contributed by atoms with Crippen LogP contribution in [0.4, 0.5) is 0 Å². The van der Waals surface area contributed by atoms with Gasteiger partial charge in [0.2, 0.25) is 0 Å². The quantitative estimate of drug-likeness (QED) is 0.176. The fourth-order valence-corrected chi connectivity index (χ4v) is 9.89. The lowest BCUT2D eigenvalue weighted by Gasteiger charge is -2.11. The van der Waals surface area contributed by atoms with Crippen LogP contribution in [0.15, 0.2) is 193 Å². The molecule has 0 aliphatic heterocycles. The summed E-state index contributed by atoms with van der Waals surface area (Å²) in [5.74, 6) is 0. The molecule has 12 rings (SSSR count). The summed E-state index contributed by atoms with van der Waals surface area (Å²) >= 11 is 1.88. The third-order valence-electron chi connectivity index (χ3n) is 11.3. The highest BCUT2D eigenvalue weighted by atomic mass is 32.1. The van der Waals surface area contributed by atoms with Crippen molar-refractivity contribution in [2.24, 2.45) is 0 Å². The Morgan fingerprint density at radius 3 is 1.98 bits per heavy atom. The Morgan fingerprint density at radius 1 is 0.439 bits per heavy atom. The Kier molecular flexibility index (Phi) is 7.06. The first-order valence-corrected chi connectivity index (χ1v) is 19.9. The van der Waals surface area contributed by atoms with Crippen molar-refractivity contribution in [2.75, 3.05) is 0 Å². The van der Waals surface area contributed by atoms with Crippen LogP contribution in [0, 0.1) is 0 Å². The minimum absolute atomic E-state index is 0.688. The molecule has 0 aliphatic carbocycles. The van der Waals surface area contributed by atoms with E-state index in [-0.39, 0.29) is 0 Å². The van der Waals surface area contributed by atoms with Crippen molar-refractivity contribution in [3.8, 4) is 50.3 Å². The molecule has 5 heteroatoms. The number of fused-ring (bicyclic) bond motifs is 10. The maximum Gasteiger partial charge on any atom is 0.180 e. The van der Waals surface area contributed by atoms with Gasteiger partial charge in [0.25, 0.3) is 0 Å². The Hall–Kier alpha value is -7.34. The van der Waals surface area contributed by atoms with Crippen LogP contribution >= 0.6 is 11.3 Å². The van der Waals surface area contributed by atoms with Crippen molar-refractivity contribution in [3.63, 3.8) is 0 Å². The predicted molar refractivity (Wildman–Crippen MR) is 238 cm³/mol. The summed E-state index contributed by atoms with van der Waals surface area (Å²) in [7, 11) is 0. The Morgan fingerprint density at radius 2 is 1.11 bits per heavy atom. The minimum atomic E-state index is 0.688. The molecular formula is C52H31N3OS. The first kappa shape index (κ1) is 32.0. The summed E-state index contributed by atoms with van der Waals surface area (Å²) in [4.78, 5) is 9.52. The van der Waals surface area contributed by atoms with Crippen molar-refractivity contribution >= 4 is 75.4 Å². The molecule has 0 unspecified atom stereocenters. The molecule has 4 aromatic heterocycles. The SMILES string of the molecule is c1ccc(-c2ccc(-c3ccc4oc5c(-c6cccc(-c7cccc(-n8c9ccccc9c9c%10sc%11ccccc%11c%10ccc98)c7)c6)ncnc5c4c3)cc2)cc1. The van der Waals surface area contributed by atoms with Gasteiger partial charge in [-0.3, -0.25) is 0 Å². The van der Waals surface area contributed by atoms with Gasteiger partial charge in [-0.2, -0.15) is 0 Å². The van der Waals surface area contributed by atoms with E-state index in [1.165, 1.54) is 53.1 Å². The fraction of sp³-hybridized carbons (Fsp3) is 0. The molecule has 0 fully saturated rings.